The Hall–Kier alpha value is 1.15. The Labute approximate surface area is 40.6 Å². The Bertz CT molecular complexity index is 72.7. The summed E-state index contributed by atoms with van der Waals surface area (Å²) in [6.07, 6.45) is 0. The fraction of sp³-hybridized carbons (Fsp3) is 0. The summed E-state index contributed by atoms with van der Waals surface area (Å²) in [5, 5.41) is 0. The van der Waals surface area contributed by atoms with Gasteiger partial charge in [-0.1, -0.05) is 0 Å². The number of hydrogen-bond donors (Lipinski definition) is 0. The second-order valence-electron chi connectivity index (χ2n) is 0.158. The molecule has 0 aliphatic rings. The molecular weight excluding hydrogens is 155 g/mol. The number of rotatable bonds is 0. The monoisotopic (exact) mass is 154 g/mol. The van der Waals surface area contributed by atoms with E-state index in [0.717, 1.165) is 0 Å². The quantitative estimate of drug-likeness (QED) is 0.490. The molecule has 0 aromatic rings. The van der Waals surface area contributed by atoms with Crippen molar-refractivity contribution in [3.05, 3.63) is 0 Å². The van der Waals surface area contributed by atoms with Crippen LogP contribution in [-0.2, 0) is 8.61 Å². The van der Waals surface area contributed by atoms with Crippen LogP contribution in [0.5, 0.6) is 0 Å². The first-order valence-electron chi connectivity index (χ1n) is 0.387. The van der Waals surface area contributed by atoms with Crippen molar-refractivity contribution in [3.8, 4) is 0 Å². The molecule has 0 saturated heterocycles. The molecule has 0 atom stereocenters. The molecule has 0 radical (unpaired) electrons. The molecule has 0 aliphatic heterocycles. The van der Waals surface area contributed by atoms with E-state index < -0.39 is 8.61 Å². The van der Waals surface area contributed by atoms with Gasteiger partial charge in [-0.15, -0.1) is 0 Å². The van der Waals surface area contributed by atoms with Crippen molar-refractivity contribution in [2.24, 2.45) is 0 Å². The summed E-state index contributed by atoms with van der Waals surface area (Å²) in [7, 11) is 12.2. The average Bonchev–Trinajstić information content (AvgIpc) is 0.811. The Morgan fingerprint density at radius 1 is 1.00 bits per heavy atom. The van der Waals surface area contributed by atoms with Crippen molar-refractivity contribution >= 4 is 32.0 Å². The number of hydrogen-bond acceptors (Lipinski definition) is 3. The van der Waals surface area contributed by atoms with Crippen LogP contribution >= 0.6 is 32.0 Å². The van der Waals surface area contributed by atoms with Crippen LogP contribution in [0, 0.1) is 0 Å². The zero-order valence-electron chi connectivity index (χ0n) is 1.54. The third-order valence-electron chi connectivity index (χ3n) is 0. The van der Waals surface area contributed by atoms with E-state index in [4.69, 9.17) is 0 Å². The zero-order valence-corrected chi connectivity index (χ0v) is 4.98. The van der Waals surface area contributed by atoms with Crippen LogP contribution < -0.4 is 0 Å². The standard InChI is InChI=1S/Ni.3S. The van der Waals surface area contributed by atoms with Gasteiger partial charge < -0.3 is 0 Å². The van der Waals surface area contributed by atoms with Gasteiger partial charge in [0.2, 0.25) is 0 Å². The van der Waals surface area contributed by atoms with Crippen molar-refractivity contribution in [3.63, 3.8) is 0 Å². The molecule has 0 amide bonds. The first-order valence-corrected chi connectivity index (χ1v) is 4.79. The molecule has 0 N–H and O–H groups in total. The van der Waals surface area contributed by atoms with Gasteiger partial charge in [0, 0.05) is 0 Å². The Morgan fingerprint density at radius 3 is 1.00 bits per heavy atom. The Morgan fingerprint density at radius 2 is 1.00 bits per heavy atom. The van der Waals surface area contributed by atoms with Crippen molar-refractivity contribution in [1.82, 2.24) is 0 Å². The Balaban J connectivity index is 4.65. The molecule has 0 aromatic carbocycles. The van der Waals surface area contributed by atoms with Gasteiger partial charge >= 0.3 is 40.6 Å². The third kappa shape index (κ3) is 11.0. The maximum absolute atomic E-state index is 4.29. The van der Waals surface area contributed by atoms with Gasteiger partial charge in [0.1, 0.15) is 0 Å². The van der Waals surface area contributed by atoms with E-state index in [2.05, 4.69) is 32.0 Å². The Kier molecular flexibility index (Phi) is 3.08. The summed E-state index contributed by atoms with van der Waals surface area (Å²) in [6.45, 7) is 0. The second kappa shape index (κ2) is 2.39. The fourth-order valence-electron chi connectivity index (χ4n) is 0. The summed E-state index contributed by atoms with van der Waals surface area (Å²) in [5.74, 6) is 0. The molecule has 0 bridgehead atoms. The predicted octanol–water partition coefficient (Wildman–Crippen LogP) is 1.94. The van der Waals surface area contributed by atoms with Crippen LogP contribution in [0.4, 0.5) is 0 Å². The van der Waals surface area contributed by atoms with Gasteiger partial charge in [-0.05, 0) is 0 Å². The van der Waals surface area contributed by atoms with Gasteiger partial charge in [0.25, 0.3) is 0 Å². The van der Waals surface area contributed by atoms with E-state index in [0.29, 0.717) is 0 Å². The van der Waals surface area contributed by atoms with Crippen LogP contribution in [0.3, 0.4) is 0 Å². The fourth-order valence-corrected chi connectivity index (χ4v) is 0. The van der Waals surface area contributed by atoms with Crippen LogP contribution in [0.15, 0.2) is 0 Å². The molecule has 0 spiro atoms. The van der Waals surface area contributed by atoms with Gasteiger partial charge in [0.15, 0.2) is 0 Å². The van der Waals surface area contributed by atoms with Crippen LogP contribution in [0.25, 0.3) is 0 Å². The van der Waals surface area contributed by atoms with Crippen LogP contribution in [0.2, 0.25) is 0 Å². The molecule has 0 nitrogen and oxygen atoms in total. The SMILES string of the molecule is [S]=[Ni](=[S])=[S]. The molecular formula is NiS3. The molecule has 4 heavy (non-hydrogen) atoms. The summed E-state index contributed by atoms with van der Waals surface area (Å²) < 4.78 is 0. The van der Waals surface area contributed by atoms with E-state index in [1.807, 2.05) is 0 Å². The van der Waals surface area contributed by atoms with E-state index in [9.17, 15) is 0 Å². The van der Waals surface area contributed by atoms with Gasteiger partial charge in [-0.25, -0.2) is 0 Å². The molecule has 0 heterocycles. The molecule has 0 rings (SSSR count). The summed E-state index contributed by atoms with van der Waals surface area (Å²) >= 11 is 0. The van der Waals surface area contributed by atoms with E-state index in [1.54, 1.807) is 0 Å². The maximum atomic E-state index is 4.29. The van der Waals surface area contributed by atoms with Crippen LogP contribution in [-0.4, -0.2) is 0 Å². The molecule has 0 unspecified atom stereocenters. The zero-order chi connectivity index (χ0) is 3.58. The van der Waals surface area contributed by atoms with Crippen LogP contribution in [0.1, 0.15) is 0 Å². The van der Waals surface area contributed by atoms with E-state index in [1.165, 1.54) is 0 Å². The minimum absolute atomic E-state index is 0.708. The third-order valence-corrected chi connectivity index (χ3v) is 0. The normalized spacial score (nSPS) is 10.5. The van der Waals surface area contributed by atoms with Gasteiger partial charge in [0.05, 0.1) is 0 Å². The first kappa shape index (κ1) is 5.15. The molecule has 0 aromatic heterocycles. The topological polar surface area (TPSA) is 0 Å². The van der Waals surface area contributed by atoms with E-state index >= 15 is 0 Å². The summed E-state index contributed by atoms with van der Waals surface area (Å²) in [6, 6.07) is 0. The van der Waals surface area contributed by atoms with Gasteiger partial charge in [-0.3, -0.25) is 0 Å². The molecule has 28 valence electrons. The van der Waals surface area contributed by atoms with Crippen molar-refractivity contribution in [2.45, 2.75) is 0 Å². The van der Waals surface area contributed by atoms with Crippen molar-refractivity contribution in [1.29, 1.82) is 0 Å². The van der Waals surface area contributed by atoms with Crippen molar-refractivity contribution < 1.29 is 8.61 Å². The van der Waals surface area contributed by atoms with Gasteiger partial charge in [-0.2, -0.15) is 0 Å². The molecule has 4 heteroatoms. The predicted molar refractivity (Wildman–Crippen MR) is 22.8 cm³/mol. The summed E-state index contributed by atoms with van der Waals surface area (Å²) in [4.78, 5) is 0. The second-order valence-corrected chi connectivity index (χ2v) is 5.87. The van der Waals surface area contributed by atoms with E-state index in [-0.39, 0.29) is 0 Å². The molecule has 0 aliphatic carbocycles. The molecule has 0 saturated carbocycles. The average molecular weight is 155 g/mol. The van der Waals surface area contributed by atoms with Crippen molar-refractivity contribution in [2.75, 3.05) is 0 Å². The molecule has 0 fully saturated rings. The minimum atomic E-state index is -0.708. The summed E-state index contributed by atoms with van der Waals surface area (Å²) in [5.41, 5.74) is 0. The first-order chi connectivity index (χ1) is 1.73.